The van der Waals surface area contributed by atoms with E-state index in [1.165, 1.54) is 26.8 Å². The maximum atomic E-state index is 13.1. The van der Waals surface area contributed by atoms with Crippen LogP contribution in [0.4, 0.5) is 22.0 Å². The first-order valence-corrected chi connectivity index (χ1v) is 6.68. The summed E-state index contributed by atoms with van der Waals surface area (Å²) in [7, 11) is 0. The Labute approximate surface area is 135 Å². The second kappa shape index (κ2) is 6.59. The van der Waals surface area contributed by atoms with E-state index >= 15 is 0 Å². The van der Waals surface area contributed by atoms with Gasteiger partial charge < -0.3 is 5.11 Å². The number of nitrogens with zero attached hydrogens (tertiary/aromatic N) is 1. The molecule has 0 aliphatic carbocycles. The molecule has 24 heavy (non-hydrogen) atoms. The molecular formula is C16H14F5NO2. The van der Waals surface area contributed by atoms with Gasteiger partial charge in [0.05, 0.1) is 5.56 Å². The highest BCUT2D eigenvalue weighted by Gasteiger charge is 2.34. The molecule has 1 N–H and O–H groups in total. The molecule has 0 atom stereocenters. The van der Waals surface area contributed by atoms with Gasteiger partial charge in [-0.05, 0) is 12.1 Å². The Morgan fingerprint density at radius 3 is 2.12 bits per heavy atom. The SMILES string of the molecule is CC(C)(C)C(=O)/C(C#N)=C(\O)c1ccc(C(F)(F)F)cc1C(F)F. The monoisotopic (exact) mass is 347 g/mol. The van der Waals surface area contributed by atoms with Crippen LogP contribution in [0.25, 0.3) is 5.76 Å². The number of carbonyl (C=O) groups excluding carboxylic acids is 1. The standard InChI is InChI=1S/C16H14F5NO2/c1-15(2,3)13(24)11(7-22)12(23)9-5-4-8(16(19,20)21)6-10(9)14(17)18/h4-6,14,23H,1-3H3/b12-11-. The quantitative estimate of drug-likeness (QED) is 0.360. The van der Waals surface area contributed by atoms with Crippen LogP contribution in [0.15, 0.2) is 23.8 Å². The van der Waals surface area contributed by atoms with Crippen LogP contribution in [0.5, 0.6) is 0 Å². The molecule has 0 fully saturated rings. The van der Waals surface area contributed by atoms with E-state index in [0.29, 0.717) is 12.1 Å². The Hall–Kier alpha value is -2.43. The van der Waals surface area contributed by atoms with Gasteiger partial charge in [0.2, 0.25) is 0 Å². The first-order chi connectivity index (χ1) is 10.8. The number of Topliss-reactive ketones (excluding diaryl/α,β-unsaturated/α-hetero) is 1. The van der Waals surface area contributed by atoms with Crippen LogP contribution < -0.4 is 0 Å². The average molecular weight is 347 g/mol. The van der Waals surface area contributed by atoms with Crippen molar-refractivity contribution in [3.8, 4) is 6.07 Å². The highest BCUT2D eigenvalue weighted by Crippen LogP contribution is 2.36. The van der Waals surface area contributed by atoms with Crippen molar-refractivity contribution in [3.05, 3.63) is 40.5 Å². The fourth-order valence-corrected chi connectivity index (χ4v) is 1.86. The lowest BCUT2D eigenvalue weighted by Gasteiger charge is -2.18. The van der Waals surface area contributed by atoms with E-state index in [4.69, 9.17) is 5.26 Å². The first kappa shape index (κ1) is 19.6. The second-order valence-electron chi connectivity index (χ2n) is 6.02. The van der Waals surface area contributed by atoms with E-state index in [9.17, 15) is 31.9 Å². The molecule has 0 radical (unpaired) electrons. The number of carbonyl (C=O) groups is 1. The van der Waals surface area contributed by atoms with Crippen LogP contribution in [0.1, 0.15) is 43.9 Å². The highest BCUT2D eigenvalue weighted by molar-refractivity contribution is 6.07. The first-order valence-electron chi connectivity index (χ1n) is 6.68. The molecule has 0 aliphatic heterocycles. The van der Waals surface area contributed by atoms with Crippen LogP contribution in [0.3, 0.4) is 0 Å². The van der Waals surface area contributed by atoms with Crippen molar-refractivity contribution in [3.63, 3.8) is 0 Å². The number of hydrogen-bond acceptors (Lipinski definition) is 3. The topological polar surface area (TPSA) is 61.1 Å². The van der Waals surface area contributed by atoms with E-state index in [1.807, 2.05) is 0 Å². The Balaban J connectivity index is 3.63. The zero-order chi connectivity index (χ0) is 18.9. The van der Waals surface area contributed by atoms with Crippen molar-refractivity contribution in [1.82, 2.24) is 0 Å². The number of rotatable bonds is 3. The van der Waals surface area contributed by atoms with E-state index in [1.54, 1.807) is 0 Å². The molecule has 0 unspecified atom stereocenters. The second-order valence-corrected chi connectivity index (χ2v) is 6.02. The van der Waals surface area contributed by atoms with E-state index in [-0.39, 0.29) is 6.07 Å². The number of allylic oxidation sites excluding steroid dienone is 1. The van der Waals surface area contributed by atoms with E-state index < -0.39 is 51.8 Å². The molecule has 0 amide bonds. The van der Waals surface area contributed by atoms with Gasteiger partial charge in [-0.2, -0.15) is 18.4 Å². The Morgan fingerprint density at radius 1 is 1.21 bits per heavy atom. The number of nitriles is 1. The van der Waals surface area contributed by atoms with E-state index in [0.717, 1.165) is 0 Å². The van der Waals surface area contributed by atoms with Crippen molar-refractivity contribution in [2.24, 2.45) is 5.41 Å². The van der Waals surface area contributed by atoms with Crippen LogP contribution in [0.2, 0.25) is 0 Å². The fraction of sp³-hybridized carbons (Fsp3) is 0.375. The number of aliphatic hydroxyl groups excluding tert-OH is 1. The molecule has 0 bridgehead atoms. The van der Waals surface area contributed by atoms with Gasteiger partial charge in [0.25, 0.3) is 6.43 Å². The zero-order valence-electron chi connectivity index (χ0n) is 13.0. The molecule has 1 aromatic rings. The summed E-state index contributed by atoms with van der Waals surface area (Å²) in [4.78, 5) is 12.1. The summed E-state index contributed by atoms with van der Waals surface area (Å²) < 4.78 is 64.1. The summed E-state index contributed by atoms with van der Waals surface area (Å²) >= 11 is 0. The normalized spacial score (nSPS) is 13.5. The molecule has 1 rings (SSSR count). The lowest BCUT2D eigenvalue weighted by Crippen LogP contribution is -2.22. The Morgan fingerprint density at radius 2 is 1.75 bits per heavy atom. The number of ketones is 1. The number of aliphatic hydroxyl groups is 1. The van der Waals surface area contributed by atoms with Gasteiger partial charge in [0.15, 0.2) is 5.78 Å². The maximum Gasteiger partial charge on any atom is 0.416 e. The Kier molecular flexibility index (Phi) is 5.39. The molecule has 3 nitrogen and oxygen atoms in total. The third kappa shape index (κ3) is 4.10. The van der Waals surface area contributed by atoms with Crippen molar-refractivity contribution >= 4 is 11.5 Å². The van der Waals surface area contributed by atoms with Crippen molar-refractivity contribution < 1.29 is 31.9 Å². The minimum atomic E-state index is -4.85. The summed E-state index contributed by atoms with van der Waals surface area (Å²) in [6, 6.07) is 2.73. The molecule has 0 saturated carbocycles. The van der Waals surface area contributed by atoms with Crippen LogP contribution in [-0.2, 0) is 11.0 Å². The lowest BCUT2D eigenvalue weighted by atomic mass is 9.85. The Bertz CT molecular complexity index is 721. The third-order valence-corrected chi connectivity index (χ3v) is 3.13. The minimum absolute atomic E-state index is 0.187. The van der Waals surface area contributed by atoms with Gasteiger partial charge in [-0.25, -0.2) is 8.78 Å². The van der Waals surface area contributed by atoms with Gasteiger partial charge in [-0.3, -0.25) is 4.79 Å². The minimum Gasteiger partial charge on any atom is -0.506 e. The number of benzene rings is 1. The van der Waals surface area contributed by atoms with Gasteiger partial charge >= 0.3 is 6.18 Å². The number of hydrogen-bond donors (Lipinski definition) is 1. The molecule has 0 heterocycles. The summed E-state index contributed by atoms with van der Waals surface area (Å²) in [6.45, 7) is 4.34. The third-order valence-electron chi connectivity index (χ3n) is 3.13. The summed E-state index contributed by atoms with van der Waals surface area (Å²) in [5.74, 6) is -1.89. The molecule has 8 heteroatoms. The average Bonchev–Trinajstić information content (AvgIpc) is 2.45. The predicted octanol–water partition coefficient (Wildman–Crippen LogP) is 5.05. The van der Waals surface area contributed by atoms with Crippen molar-refractivity contribution in [2.45, 2.75) is 33.4 Å². The van der Waals surface area contributed by atoms with Gasteiger partial charge in [0, 0.05) is 16.5 Å². The fourth-order valence-electron chi connectivity index (χ4n) is 1.86. The van der Waals surface area contributed by atoms with Crippen LogP contribution >= 0.6 is 0 Å². The van der Waals surface area contributed by atoms with Crippen molar-refractivity contribution in [1.29, 1.82) is 5.26 Å². The maximum absolute atomic E-state index is 13.1. The van der Waals surface area contributed by atoms with Gasteiger partial charge in [-0.1, -0.05) is 26.8 Å². The predicted molar refractivity (Wildman–Crippen MR) is 76.0 cm³/mol. The van der Waals surface area contributed by atoms with Crippen LogP contribution in [-0.4, -0.2) is 10.9 Å². The molecular weight excluding hydrogens is 333 g/mol. The smallest absolute Gasteiger partial charge is 0.416 e. The number of halogens is 5. The summed E-state index contributed by atoms with van der Waals surface area (Å²) in [6.07, 6.45) is -8.19. The lowest BCUT2D eigenvalue weighted by molar-refractivity contribution is -0.137. The number of alkyl halides is 5. The molecule has 1 aromatic carbocycles. The van der Waals surface area contributed by atoms with Gasteiger partial charge in [0.1, 0.15) is 17.4 Å². The molecule has 0 spiro atoms. The highest BCUT2D eigenvalue weighted by atomic mass is 19.4. The van der Waals surface area contributed by atoms with Crippen LogP contribution in [0, 0.1) is 16.7 Å². The van der Waals surface area contributed by atoms with Gasteiger partial charge in [-0.15, -0.1) is 0 Å². The van der Waals surface area contributed by atoms with Crippen molar-refractivity contribution in [2.75, 3.05) is 0 Å². The molecule has 0 aliphatic rings. The zero-order valence-corrected chi connectivity index (χ0v) is 13.0. The summed E-state index contributed by atoms with van der Waals surface area (Å²) in [5, 5.41) is 19.1. The summed E-state index contributed by atoms with van der Waals surface area (Å²) in [5.41, 5.74) is -5.00. The van der Waals surface area contributed by atoms with E-state index in [2.05, 4.69) is 0 Å². The largest absolute Gasteiger partial charge is 0.506 e. The molecule has 0 aromatic heterocycles. The molecule has 130 valence electrons. The molecule has 0 saturated heterocycles.